The third-order valence-electron chi connectivity index (χ3n) is 2.93. The molecule has 1 aromatic heterocycles. The quantitative estimate of drug-likeness (QED) is 0.410. The molecule has 2 heterocycles. The number of nitro groups is 1. The first-order chi connectivity index (χ1) is 9.11. The molecule has 2 rings (SSSR count). The van der Waals surface area contributed by atoms with Crippen molar-refractivity contribution >= 4 is 17.5 Å². The summed E-state index contributed by atoms with van der Waals surface area (Å²) in [4.78, 5) is 18.5. The van der Waals surface area contributed by atoms with Crippen LogP contribution in [0.3, 0.4) is 0 Å². The fourth-order valence-electron chi connectivity index (χ4n) is 1.99. The highest BCUT2D eigenvalue weighted by molar-refractivity contribution is 5.61. The van der Waals surface area contributed by atoms with Crippen molar-refractivity contribution in [2.75, 3.05) is 24.0 Å². The topological polar surface area (TPSA) is 128 Å². The highest BCUT2D eigenvalue weighted by Gasteiger charge is 2.24. The van der Waals surface area contributed by atoms with E-state index in [4.69, 9.17) is 10.6 Å². The summed E-state index contributed by atoms with van der Waals surface area (Å²) in [6, 6.07) is 0.104. The fraction of sp³-hybridized carbons (Fsp3) is 0.600. The summed E-state index contributed by atoms with van der Waals surface area (Å²) in [7, 11) is 0. The Kier molecular flexibility index (Phi) is 4.07. The molecule has 0 aromatic carbocycles. The Morgan fingerprint density at radius 3 is 2.68 bits per heavy atom. The van der Waals surface area contributed by atoms with E-state index in [1.165, 1.54) is 0 Å². The summed E-state index contributed by atoms with van der Waals surface area (Å²) in [6.07, 6.45) is 1.57. The first-order valence-electron chi connectivity index (χ1n) is 5.95. The molecule has 1 fully saturated rings. The van der Waals surface area contributed by atoms with E-state index >= 15 is 0 Å². The molecule has 19 heavy (non-hydrogen) atoms. The van der Waals surface area contributed by atoms with Gasteiger partial charge in [0, 0.05) is 19.3 Å². The molecule has 4 N–H and O–H groups in total. The van der Waals surface area contributed by atoms with Crippen LogP contribution >= 0.6 is 0 Å². The van der Waals surface area contributed by atoms with E-state index in [0.717, 1.165) is 12.8 Å². The third-order valence-corrected chi connectivity index (χ3v) is 2.93. The lowest BCUT2D eigenvalue weighted by Crippen LogP contribution is -2.29. The second-order valence-electron chi connectivity index (χ2n) is 4.26. The summed E-state index contributed by atoms with van der Waals surface area (Å²) in [5.41, 5.74) is 2.45. The zero-order valence-electron chi connectivity index (χ0n) is 10.5. The van der Waals surface area contributed by atoms with Gasteiger partial charge in [0.15, 0.2) is 0 Å². The van der Waals surface area contributed by atoms with Gasteiger partial charge in [-0.3, -0.25) is 15.5 Å². The normalized spacial score (nSPS) is 16.1. The van der Waals surface area contributed by atoms with Gasteiger partial charge in [-0.25, -0.2) is 10.8 Å². The largest absolute Gasteiger partial charge is 0.381 e. The van der Waals surface area contributed by atoms with Crippen molar-refractivity contribution in [1.29, 1.82) is 0 Å². The van der Waals surface area contributed by atoms with Gasteiger partial charge in [0.05, 0.1) is 4.92 Å². The van der Waals surface area contributed by atoms with Gasteiger partial charge in [-0.1, -0.05) is 0 Å². The average molecular weight is 268 g/mol. The number of nitrogen functional groups attached to an aromatic ring is 1. The van der Waals surface area contributed by atoms with Gasteiger partial charge < -0.3 is 10.1 Å². The van der Waals surface area contributed by atoms with Crippen LogP contribution in [0.25, 0.3) is 0 Å². The molecule has 0 atom stereocenters. The summed E-state index contributed by atoms with van der Waals surface area (Å²) < 4.78 is 5.24. The van der Waals surface area contributed by atoms with Gasteiger partial charge in [0.2, 0.25) is 11.8 Å². The Bertz CT molecular complexity index is 475. The lowest BCUT2D eigenvalue weighted by molar-refractivity contribution is -0.385. The first-order valence-corrected chi connectivity index (χ1v) is 5.95. The van der Waals surface area contributed by atoms with Crippen molar-refractivity contribution in [3.8, 4) is 0 Å². The number of hydrogen-bond acceptors (Lipinski definition) is 8. The number of hydrazine groups is 1. The Morgan fingerprint density at radius 1 is 1.42 bits per heavy atom. The molecule has 0 radical (unpaired) electrons. The predicted octanol–water partition coefficient (Wildman–Crippen LogP) is 0.570. The molecule has 0 bridgehead atoms. The molecule has 104 valence electrons. The van der Waals surface area contributed by atoms with E-state index in [1.807, 2.05) is 0 Å². The molecule has 0 amide bonds. The van der Waals surface area contributed by atoms with Gasteiger partial charge in [0.1, 0.15) is 5.69 Å². The third kappa shape index (κ3) is 3.06. The van der Waals surface area contributed by atoms with Crippen LogP contribution in [0.2, 0.25) is 0 Å². The smallest absolute Gasteiger partial charge is 0.332 e. The predicted molar refractivity (Wildman–Crippen MR) is 68.7 cm³/mol. The molecule has 1 saturated heterocycles. The molecule has 9 nitrogen and oxygen atoms in total. The number of nitrogens with zero attached hydrogens (tertiary/aromatic N) is 3. The minimum atomic E-state index is -0.489. The summed E-state index contributed by atoms with van der Waals surface area (Å²) >= 11 is 0. The maximum absolute atomic E-state index is 11.1. The second kappa shape index (κ2) is 5.76. The molecule has 1 aliphatic heterocycles. The van der Waals surface area contributed by atoms with Gasteiger partial charge in [-0.05, 0) is 19.8 Å². The molecular weight excluding hydrogens is 252 g/mol. The average Bonchev–Trinajstić information content (AvgIpc) is 2.38. The highest BCUT2D eigenvalue weighted by atomic mass is 16.6. The molecule has 1 aliphatic rings. The number of aromatic nitrogens is 2. The van der Waals surface area contributed by atoms with Gasteiger partial charge >= 0.3 is 5.69 Å². The van der Waals surface area contributed by atoms with Crippen LogP contribution < -0.4 is 16.6 Å². The van der Waals surface area contributed by atoms with Crippen molar-refractivity contribution in [3.63, 3.8) is 0 Å². The molecule has 0 aliphatic carbocycles. The lowest BCUT2D eigenvalue weighted by atomic mass is 10.1. The van der Waals surface area contributed by atoms with Crippen LogP contribution in [-0.2, 0) is 4.74 Å². The fourth-order valence-corrected chi connectivity index (χ4v) is 1.99. The summed E-state index contributed by atoms with van der Waals surface area (Å²) in [6.45, 7) is 2.82. The monoisotopic (exact) mass is 268 g/mol. The van der Waals surface area contributed by atoms with Crippen LogP contribution in [-0.4, -0.2) is 34.1 Å². The van der Waals surface area contributed by atoms with Crippen LogP contribution in [0.1, 0.15) is 18.5 Å². The maximum Gasteiger partial charge on any atom is 0.332 e. The van der Waals surface area contributed by atoms with Crippen molar-refractivity contribution in [3.05, 3.63) is 15.8 Å². The van der Waals surface area contributed by atoms with Gasteiger partial charge in [-0.2, -0.15) is 4.98 Å². The van der Waals surface area contributed by atoms with Crippen molar-refractivity contribution in [2.24, 2.45) is 5.84 Å². The minimum absolute atomic E-state index is 0.104. The van der Waals surface area contributed by atoms with Gasteiger partial charge in [0.25, 0.3) is 0 Å². The highest BCUT2D eigenvalue weighted by Crippen LogP contribution is 2.28. The van der Waals surface area contributed by atoms with Crippen molar-refractivity contribution in [2.45, 2.75) is 25.8 Å². The Labute approximate surface area is 109 Å². The van der Waals surface area contributed by atoms with Crippen LogP contribution in [0.5, 0.6) is 0 Å². The number of anilines is 2. The molecule has 1 aromatic rings. The summed E-state index contributed by atoms with van der Waals surface area (Å²) in [5, 5.41) is 14.2. The molecular formula is C10H16N6O3. The number of hydrogen-bond donors (Lipinski definition) is 3. The SMILES string of the molecule is Cc1nc(NN)nc(NC2CCOCC2)c1[N+](=O)[O-]. The van der Waals surface area contributed by atoms with Crippen molar-refractivity contribution < 1.29 is 9.66 Å². The number of rotatable bonds is 4. The van der Waals surface area contributed by atoms with E-state index in [9.17, 15) is 10.1 Å². The standard InChI is InChI=1S/C10H16N6O3/c1-6-8(16(17)18)9(14-10(12-6)15-11)13-7-2-4-19-5-3-7/h7H,2-5,11H2,1H3,(H2,12,13,14,15). The van der Waals surface area contributed by atoms with Crippen LogP contribution in [0, 0.1) is 17.0 Å². The van der Waals surface area contributed by atoms with E-state index < -0.39 is 4.92 Å². The van der Waals surface area contributed by atoms with E-state index in [-0.39, 0.29) is 29.2 Å². The van der Waals surface area contributed by atoms with Crippen LogP contribution in [0.15, 0.2) is 0 Å². The number of aryl methyl sites for hydroxylation is 1. The van der Waals surface area contributed by atoms with Crippen LogP contribution in [0.4, 0.5) is 17.5 Å². The minimum Gasteiger partial charge on any atom is -0.381 e. The molecule has 9 heteroatoms. The maximum atomic E-state index is 11.1. The zero-order chi connectivity index (χ0) is 13.8. The van der Waals surface area contributed by atoms with E-state index in [1.54, 1.807) is 6.92 Å². The molecule has 0 spiro atoms. The summed E-state index contributed by atoms with van der Waals surface area (Å²) in [5.74, 6) is 5.60. The number of nitrogens with one attached hydrogen (secondary N) is 2. The van der Waals surface area contributed by atoms with Gasteiger partial charge in [-0.15, -0.1) is 0 Å². The molecule has 0 saturated carbocycles. The lowest BCUT2D eigenvalue weighted by Gasteiger charge is -2.23. The number of nitrogens with two attached hydrogens (primary N) is 1. The Hall–Kier alpha value is -2.00. The van der Waals surface area contributed by atoms with E-state index in [2.05, 4.69) is 20.7 Å². The first kappa shape index (κ1) is 13.4. The van der Waals surface area contributed by atoms with E-state index in [0.29, 0.717) is 13.2 Å². The Balaban J connectivity index is 2.29. The van der Waals surface area contributed by atoms with Crippen molar-refractivity contribution in [1.82, 2.24) is 9.97 Å². The number of ether oxygens (including phenoxy) is 1. The Morgan fingerprint density at radius 2 is 2.11 bits per heavy atom. The zero-order valence-corrected chi connectivity index (χ0v) is 10.5. The molecule has 0 unspecified atom stereocenters. The second-order valence-corrected chi connectivity index (χ2v) is 4.26.